The molecule has 1 saturated heterocycles. The molecule has 1 heterocycles. The number of nitrogens with zero attached hydrogens (tertiary/aromatic N) is 2. The van der Waals surface area contributed by atoms with Crippen LogP contribution in [0.5, 0.6) is 0 Å². The molecule has 1 aliphatic rings. The lowest BCUT2D eigenvalue weighted by atomic mass is 10.1. The molecule has 0 aromatic heterocycles. The number of halogens is 1. The van der Waals surface area contributed by atoms with Crippen LogP contribution in [-0.2, 0) is 4.79 Å². The van der Waals surface area contributed by atoms with E-state index in [-0.39, 0.29) is 17.5 Å². The van der Waals surface area contributed by atoms with Gasteiger partial charge in [0.2, 0.25) is 5.91 Å². The number of amides is 1. The summed E-state index contributed by atoms with van der Waals surface area (Å²) in [5, 5.41) is 2.78. The van der Waals surface area contributed by atoms with Gasteiger partial charge in [-0.3, -0.25) is 14.5 Å². The predicted octanol–water partition coefficient (Wildman–Crippen LogP) is 1.29. The van der Waals surface area contributed by atoms with Gasteiger partial charge in [-0.15, -0.1) is 0 Å². The predicted molar refractivity (Wildman–Crippen MR) is 83.7 cm³/mol. The molecular formula is C16H22FN3O2. The van der Waals surface area contributed by atoms with Crippen molar-refractivity contribution < 1.29 is 14.0 Å². The highest BCUT2D eigenvalue weighted by Crippen LogP contribution is 2.22. The Hall–Kier alpha value is -1.95. The Morgan fingerprint density at radius 2 is 1.91 bits per heavy atom. The first-order chi connectivity index (χ1) is 10.5. The minimum Gasteiger partial charge on any atom is -0.367 e. The van der Waals surface area contributed by atoms with Crippen LogP contribution in [0, 0.1) is 5.82 Å². The van der Waals surface area contributed by atoms with Crippen molar-refractivity contribution in [1.29, 1.82) is 0 Å². The summed E-state index contributed by atoms with van der Waals surface area (Å²) >= 11 is 0. The lowest BCUT2D eigenvalue weighted by Crippen LogP contribution is -2.49. The van der Waals surface area contributed by atoms with Crippen molar-refractivity contribution in [1.82, 2.24) is 10.2 Å². The number of rotatable bonds is 5. The van der Waals surface area contributed by atoms with Crippen LogP contribution in [0.1, 0.15) is 24.2 Å². The first-order valence-corrected chi connectivity index (χ1v) is 7.55. The standard InChI is InChI=1S/C16H22FN3O2/c1-3-18-16(22)11-19-6-8-20(9-7-19)15-5-4-13(12(2)21)10-14(15)17/h4-5,10H,3,6-9,11H2,1-2H3,(H,18,22). The SMILES string of the molecule is CCNC(=O)CN1CCN(c2ccc(C(C)=O)cc2F)CC1. The van der Waals surface area contributed by atoms with Gasteiger partial charge in [0.05, 0.1) is 12.2 Å². The Kier molecular flexibility index (Phi) is 5.49. The fourth-order valence-corrected chi connectivity index (χ4v) is 2.59. The normalized spacial score (nSPS) is 15.7. The molecule has 6 heteroatoms. The third-order valence-corrected chi connectivity index (χ3v) is 3.81. The number of nitrogens with one attached hydrogen (secondary N) is 1. The molecule has 1 N–H and O–H groups in total. The second-order valence-electron chi connectivity index (χ2n) is 5.44. The zero-order valence-electron chi connectivity index (χ0n) is 13.1. The van der Waals surface area contributed by atoms with Gasteiger partial charge >= 0.3 is 0 Å². The van der Waals surface area contributed by atoms with Gasteiger partial charge in [-0.25, -0.2) is 4.39 Å². The quantitative estimate of drug-likeness (QED) is 0.833. The van der Waals surface area contributed by atoms with Gasteiger partial charge in [0.1, 0.15) is 5.82 Å². The molecule has 1 fully saturated rings. The number of carbonyl (C=O) groups is 2. The Morgan fingerprint density at radius 3 is 2.45 bits per heavy atom. The molecule has 0 unspecified atom stereocenters. The zero-order chi connectivity index (χ0) is 16.1. The minimum atomic E-state index is -0.370. The van der Waals surface area contributed by atoms with Gasteiger partial charge < -0.3 is 10.2 Å². The molecule has 0 saturated carbocycles. The summed E-state index contributed by atoms with van der Waals surface area (Å²) in [7, 11) is 0. The van der Waals surface area contributed by atoms with E-state index in [2.05, 4.69) is 10.2 Å². The van der Waals surface area contributed by atoms with Crippen molar-refractivity contribution in [3.8, 4) is 0 Å². The van der Waals surface area contributed by atoms with Crippen LogP contribution in [-0.4, -0.2) is 55.9 Å². The second-order valence-corrected chi connectivity index (χ2v) is 5.44. The van der Waals surface area contributed by atoms with Crippen molar-refractivity contribution in [2.24, 2.45) is 0 Å². The number of anilines is 1. The van der Waals surface area contributed by atoms with Gasteiger partial charge in [0, 0.05) is 38.3 Å². The van der Waals surface area contributed by atoms with Crippen molar-refractivity contribution >= 4 is 17.4 Å². The summed E-state index contributed by atoms with van der Waals surface area (Å²) in [6.07, 6.45) is 0. The summed E-state index contributed by atoms with van der Waals surface area (Å²) in [6, 6.07) is 4.60. The molecule has 0 spiro atoms. The number of likely N-dealkylation sites (N-methyl/N-ethyl adjacent to an activating group) is 1. The lowest BCUT2D eigenvalue weighted by molar-refractivity contribution is -0.122. The Labute approximate surface area is 130 Å². The molecule has 2 rings (SSSR count). The summed E-state index contributed by atoms with van der Waals surface area (Å²) in [4.78, 5) is 26.8. The summed E-state index contributed by atoms with van der Waals surface area (Å²) in [6.45, 7) is 7.08. The van der Waals surface area contributed by atoms with Crippen molar-refractivity contribution in [3.05, 3.63) is 29.6 Å². The number of Topliss-reactive ketones (excluding diaryl/α,β-unsaturated/α-hetero) is 1. The Balaban J connectivity index is 1.94. The second kappa shape index (κ2) is 7.35. The highest BCUT2D eigenvalue weighted by molar-refractivity contribution is 5.94. The number of hydrogen-bond acceptors (Lipinski definition) is 4. The Bertz CT molecular complexity index is 554. The number of ketones is 1. The van der Waals surface area contributed by atoms with E-state index in [0.29, 0.717) is 50.5 Å². The molecule has 0 radical (unpaired) electrons. The first-order valence-electron chi connectivity index (χ1n) is 7.55. The maximum Gasteiger partial charge on any atom is 0.234 e. The summed E-state index contributed by atoms with van der Waals surface area (Å²) in [5.74, 6) is -0.491. The molecule has 1 aliphatic heterocycles. The van der Waals surface area contributed by atoms with Crippen LogP contribution in [0.2, 0.25) is 0 Å². The fourth-order valence-electron chi connectivity index (χ4n) is 2.59. The van der Waals surface area contributed by atoms with Crippen molar-refractivity contribution in [2.45, 2.75) is 13.8 Å². The third-order valence-electron chi connectivity index (χ3n) is 3.81. The first kappa shape index (κ1) is 16.4. The molecule has 0 atom stereocenters. The van der Waals surface area contributed by atoms with E-state index in [1.54, 1.807) is 12.1 Å². The number of benzene rings is 1. The largest absolute Gasteiger partial charge is 0.367 e. The maximum absolute atomic E-state index is 14.1. The van der Waals surface area contributed by atoms with Crippen LogP contribution < -0.4 is 10.2 Å². The van der Waals surface area contributed by atoms with E-state index in [1.807, 2.05) is 11.8 Å². The molecular weight excluding hydrogens is 285 g/mol. The van der Waals surface area contributed by atoms with Gasteiger partial charge in [-0.05, 0) is 32.0 Å². The third kappa shape index (κ3) is 4.04. The van der Waals surface area contributed by atoms with Gasteiger partial charge in [0.15, 0.2) is 5.78 Å². The Morgan fingerprint density at radius 1 is 1.23 bits per heavy atom. The minimum absolute atomic E-state index is 0.0212. The molecule has 22 heavy (non-hydrogen) atoms. The molecule has 0 bridgehead atoms. The van der Waals surface area contributed by atoms with Crippen molar-refractivity contribution in [3.63, 3.8) is 0 Å². The van der Waals surface area contributed by atoms with Gasteiger partial charge in [-0.1, -0.05) is 0 Å². The molecule has 0 aliphatic carbocycles. The fraction of sp³-hybridized carbons (Fsp3) is 0.500. The van der Waals surface area contributed by atoms with E-state index >= 15 is 0 Å². The van der Waals surface area contributed by atoms with Crippen LogP contribution in [0.3, 0.4) is 0 Å². The molecule has 1 amide bonds. The molecule has 1 aromatic rings. The number of carbonyl (C=O) groups excluding carboxylic acids is 2. The zero-order valence-corrected chi connectivity index (χ0v) is 13.1. The van der Waals surface area contributed by atoms with E-state index in [1.165, 1.54) is 13.0 Å². The molecule has 120 valence electrons. The van der Waals surface area contributed by atoms with E-state index < -0.39 is 0 Å². The van der Waals surface area contributed by atoms with Gasteiger partial charge in [-0.2, -0.15) is 0 Å². The van der Waals surface area contributed by atoms with E-state index in [4.69, 9.17) is 0 Å². The lowest BCUT2D eigenvalue weighted by Gasteiger charge is -2.35. The molecule has 5 nitrogen and oxygen atoms in total. The van der Waals surface area contributed by atoms with Crippen LogP contribution in [0.25, 0.3) is 0 Å². The van der Waals surface area contributed by atoms with Gasteiger partial charge in [0.25, 0.3) is 0 Å². The van der Waals surface area contributed by atoms with Crippen molar-refractivity contribution in [2.75, 3.05) is 44.2 Å². The number of piperazine rings is 1. The number of hydrogen-bond donors (Lipinski definition) is 1. The smallest absolute Gasteiger partial charge is 0.234 e. The van der Waals surface area contributed by atoms with E-state index in [0.717, 1.165) is 0 Å². The van der Waals surface area contributed by atoms with Crippen LogP contribution in [0.15, 0.2) is 18.2 Å². The van der Waals surface area contributed by atoms with Crippen LogP contribution >= 0.6 is 0 Å². The maximum atomic E-state index is 14.1. The van der Waals surface area contributed by atoms with Crippen LogP contribution in [0.4, 0.5) is 10.1 Å². The monoisotopic (exact) mass is 307 g/mol. The molecule has 1 aromatic carbocycles. The summed E-state index contributed by atoms with van der Waals surface area (Å²) in [5.41, 5.74) is 0.902. The highest BCUT2D eigenvalue weighted by atomic mass is 19.1. The van der Waals surface area contributed by atoms with E-state index in [9.17, 15) is 14.0 Å². The average molecular weight is 307 g/mol. The average Bonchev–Trinajstić information content (AvgIpc) is 2.48. The highest BCUT2D eigenvalue weighted by Gasteiger charge is 2.21. The summed E-state index contributed by atoms with van der Waals surface area (Å²) < 4.78 is 14.1. The topological polar surface area (TPSA) is 52.7 Å².